The summed E-state index contributed by atoms with van der Waals surface area (Å²) in [5, 5.41) is 13.5. The Hall–Kier alpha value is -1.50. The Labute approximate surface area is 113 Å². The van der Waals surface area contributed by atoms with Gasteiger partial charge in [-0.2, -0.15) is 0 Å². The van der Waals surface area contributed by atoms with E-state index < -0.39 is 0 Å². The molecule has 1 amide bonds. The van der Waals surface area contributed by atoms with Gasteiger partial charge < -0.3 is 10.2 Å². The Bertz CT molecular complexity index is 380. The van der Waals surface area contributed by atoms with Crippen LogP contribution in [-0.2, 0) is 11.3 Å². The third-order valence-electron chi connectivity index (χ3n) is 3.58. The number of hydrogen-bond acceptors (Lipinski definition) is 5. The maximum absolute atomic E-state index is 11.6. The lowest BCUT2D eigenvalue weighted by molar-refractivity contribution is -0.121. The molecule has 2 rings (SSSR count). The maximum Gasteiger partial charge on any atom is 0.241 e. The average molecular weight is 266 g/mol. The zero-order valence-electron chi connectivity index (χ0n) is 11.5. The standard InChI is InChI=1S/C12H22N6O/c1-11-5-2-3-7-17(11)8-4-6-13-12(19)9-18-10-14-15-16-18/h10-11H,2-9H2,1H3,(H,13,19)/t11-/m1/s1. The van der Waals surface area contributed by atoms with Crippen LogP contribution in [0.15, 0.2) is 6.33 Å². The van der Waals surface area contributed by atoms with Crippen LogP contribution < -0.4 is 5.32 Å². The van der Waals surface area contributed by atoms with Crippen molar-refractivity contribution in [2.75, 3.05) is 19.6 Å². The molecule has 1 N–H and O–H groups in total. The van der Waals surface area contributed by atoms with E-state index in [4.69, 9.17) is 0 Å². The highest BCUT2D eigenvalue weighted by Gasteiger charge is 2.17. The molecule has 2 heterocycles. The molecule has 0 bridgehead atoms. The lowest BCUT2D eigenvalue weighted by atomic mass is 10.0. The molecule has 7 nitrogen and oxygen atoms in total. The van der Waals surface area contributed by atoms with Crippen LogP contribution in [0.3, 0.4) is 0 Å². The molecule has 1 aliphatic heterocycles. The van der Waals surface area contributed by atoms with Crippen molar-refractivity contribution in [2.45, 2.75) is 45.2 Å². The number of tetrazole rings is 1. The fourth-order valence-corrected chi connectivity index (χ4v) is 2.46. The molecule has 0 spiro atoms. The van der Waals surface area contributed by atoms with Gasteiger partial charge in [0.25, 0.3) is 0 Å². The van der Waals surface area contributed by atoms with E-state index in [9.17, 15) is 4.79 Å². The second kappa shape index (κ2) is 7.18. The quantitative estimate of drug-likeness (QED) is 0.737. The van der Waals surface area contributed by atoms with E-state index >= 15 is 0 Å². The molecule has 1 aromatic heterocycles. The van der Waals surface area contributed by atoms with E-state index in [1.165, 1.54) is 36.8 Å². The highest BCUT2D eigenvalue weighted by Crippen LogP contribution is 2.15. The minimum Gasteiger partial charge on any atom is -0.354 e. The minimum atomic E-state index is -0.0426. The lowest BCUT2D eigenvalue weighted by Crippen LogP contribution is -2.39. The summed E-state index contributed by atoms with van der Waals surface area (Å²) in [6, 6.07) is 0.686. The van der Waals surface area contributed by atoms with Crippen molar-refractivity contribution in [3.63, 3.8) is 0 Å². The zero-order valence-corrected chi connectivity index (χ0v) is 11.5. The highest BCUT2D eigenvalue weighted by molar-refractivity contribution is 5.75. The molecule has 0 aromatic carbocycles. The van der Waals surface area contributed by atoms with Gasteiger partial charge in [0.2, 0.25) is 5.91 Å². The molecular weight excluding hydrogens is 244 g/mol. The summed E-state index contributed by atoms with van der Waals surface area (Å²) in [5.41, 5.74) is 0. The fraction of sp³-hybridized carbons (Fsp3) is 0.833. The van der Waals surface area contributed by atoms with Gasteiger partial charge in [-0.3, -0.25) is 4.79 Å². The molecule has 0 unspecified atom stereocenters. The number of piperidine rings is 1. The SMILES string of the molecule is C[C@@H]1CCCCN1CCCNC(=O)Cn1cnnn1. The van der Waals surface area contributed by atoms with Gasteiger partial charge in [0.05, 0.1) is 0 Å². The molecule has 0 aliphatic carbocycles. The summed E-state index contributed by atoms with van der Waals surface area (Å²) in [6.45, 7) is 5.44. The van der Waals surface area contributed by atoms with Crippen molar-refractivity contribution in [1.29, 1.82) is 0 Å². The normalized spacial score (nSPS) is 20.4. The molecule has 106 valence electrons. The highest BCUT2D eigenvalue weighted by atomic mass is 16.2. The number of carbonyl (C=O) groups is 1. The first kappa shape index (κ1) is 13.9. The number of likely N-dealkylation sites (tertiary alicyclic amines) is 1. The first-order valence-corrected chi connectivity index (χ1v) is 6.97. The summed E-state index contributed by atoms with van der Waals surface area (Å²) in [7, 11) is 0. The van der Waals surface area contributed by atoms with Crippen molar-refractivity contribution in [3.8, 4) is 0 Å². The number of amides is 1. The van der Waals surface area contributed by atoms with Crippen LogP contribution in [0.5, 0.6) is 0 Å². The number of nitrogens with one attached hydrogen (secondary N) is 1. The van der Waals surface area contributed by atoms with Crippen molar-refractivity contribution in [2.24, 2.45) is 0 Å². The molecule has 19 heavy (non-hydrogen) atoms. The molecular formula is C12H22N6O. The largest absolute Gasteiger partial charge is 0.354 e. The van der Waals surface area contributed by atoms with Gasteiger partial charge in [-0.15, -0.1) is 5.10 Å². The topological polar surface area (TPSA) is 75.9 Å². The third kappa shape index (κ3) is 4.59. The van der Waals surface area contributed by atoms with E-state index in [1.54, 1.807) is 0 Å². The van der Waals surface area contributed by atoms with Crippen LogP contribution >= 0.6 is 0 Å². The molecule has 1 aromatic rings. The van der Waals surface area contributed by atoms with E-state index in [0.717, 1.165) is 13.0 Å². The Morgan fingerprint density at radius 3 is 3.11 bits per heavy atom. The van der Waals surface area contributed by atoms with Crippen LogP contribution in [0, 0.1) is 0 Å². The summed E-state index contributed by atoms with van der Waals surface area (Å²) in [4.78, 5) is 14.1. The predicted molar refractivity (Wildman–Crippen MR) is 70.3 cm³/mol. The number of nitrogens with zero attached hydrogens (tertiary/aromatic N) is 5. The van der Waals surface area contributed by atoms with Crippen LogP contribution in [0.1, 0.15) is 32.6 Å². The Kier molecular flexibility index (Phi) is 5.26. The summed E-state index contributed by atoms with van der Waals surface area (Å²) in [6.07, 6.45) is 6.38. The summed E-state index contributed by atoms with van der Waals surface area (Å²) < 4.78 is 1.42. The minimum absolute atomic E-state index is 0.0426. The van der Waals surface area contributed by atoms with Gasteiger partial charge in [0, 0.05) is 19.1 Å². The second-order valence-electron chi connectivity index (χ2n) is 5.09. The first-order valence-electron chi connectivity index (χ1n) is 6.97. The first-order chi connectivity index (χ1) is 9.25. The van der Waals surface area contributed by atoms with Crippen molar-refractivity contribution >= 4 is 5.91 Å². The average Bonchev–Trinajstić information content (AvgIpc) is 2.89. The Morgan fingerprint density at radius 2 is 2.37 bits per heavy atom. The second-order valence-corrected chi connectivity index (χ2v) is 5.09. The Balaban J connectivity index is 1.57. The number of rotatable bonds is 6. The molecule has 1 fully saturated rings. The zero-order chi connectivity index (χ0) is 13.5. The van der Waals surface area contributed by atoms with Gasteiger partial charge in [0.15, 0.2) is 0 Å². The van der Waals surface area contributed by atoms with Gasteiger partial charge in [0.1, 0.15) is 12.9 Å². The number of hydrogen-bond donors (Lipinski definition) is 1. The lowest BCUT2D eigenvalue weighted by Gasteiger charge is -2.33. The third-order valence-corrected chi connectivity index (χ3v) is 3.58. The molecule has 7 heteroatoms. The van der Waals surface area contributed by atoms with E-state index in [0.29, 0.717) is 12.6 Å². The summed E-state index contributed by atoms with van der Waals surface area (Å²) in [5.74, 6) is -0.0426. The molecule has 0 radical (unpaired) electrons. The van der Waals surface area contributed by atoms with Crippen LogP contribution in [-0.4, -0.2) is 56.7 Å². The van der Waals surface area contributed by atoms with Crippen molar-refractivity contribution < 1.29 is 4.79 Å². The van der Waals surface area contributed by atoms with Gasteiger partial charge in [-0.25, -0.2) is 4.68 Å². The van der Waals surface area contributed by atoms with Gasteiger partial charge in [-0.1, -0.05) is 6.42 Å². The van der Waals surface area contributed by atoms with Crippen LogP contribution in [0.2, 0.25) is 0 Å². The molecule has 1 aliphatic rings. The predicted octanol–water partition coefficient (Wildman–Crippen LogP) is 0.0538. The van der Waals surface area contributed by atoms with Crippen LogP contribution in [0.4, 0.5) is 0 Å². The smallest absolute Gasteiger partial charge is 0.241 e. The van der Waals surface area contributed by atoms with Gasteiger partial charge in [-0.05, 0) is 43.2 Å². The monoisotopic (exact) mass is 266 g/mol. The molecule has 0 saturated carbocycles. The number of aromatic nitrogens is 4. The molecule has 1 atom stereocenters. The van der Waals surface area contributed by atoms with Crippen LogP contribution in [0.25, 0.3) is 0 Å². The Morgan fingerprint density at radius 1 is 1.47 bits per heavy atom. The molecule has 1 saturated heterocycles. The van der Waals surface area contributed by atoms with E-state index in [1.807, 2.05) is 0 Å². The van der Waals surface area contributed by atoms with Crippen molar-refractivity contribution in [1.82, 2.24) is 30.4 Å². The van der Waals surface area contributed by atoms with Crippen molar-refractivity contribution in [3.05, 3.63) is 6.33 Å². The van der Waals surface area contributed by atoms with E-state index in [2.05, 4.69) is 32.7 Å². The fourth-order valence-electron chi connectivity index (χ4n) is 2.46. The van der Waals surface area contributed by atoms with Gasteiger partial charge >= 0.3 is 0 Å². The summed E-state index contributed by atoms with van der Waals surface area (Å²) >= 11 is 0. The maximum atomic E-state index is 11.6. The number of carbonyl (C=O) groups excluding carboxylic acids is 1. The van der Waals surface area contributed by atoms with E-state index in [-0.39, 0.29) is 12.5 Å².